The van der Waals surface area contributed by atoms with Crippen molar-refractivity contribution in [2.75, 3.05) is 13.1 Å². The van der Waals surface area contributed by atoms with Gasteiger partial charge in [0.05, 0.1) is 24.1 Å². The summed E-state index contributed by atoms with van der Waals surface area (Å²) in [5.74, 6) is 2.53. The quantitative estimate of drug-likeness (QED) is 0.582. The number of rotatable bonds is 5. The number of nitrogens with one attached hydrogen (secondary N) is 1. The first-order chi connectivity index (χ1) is 13.8. The van der Waals surface area contributed by atoms with Gasteiger partial charge in [0.2, 0.25) is 0 Å². The minimum Gasteiger partial charge on any atom is -0.342 e. The first kappa shape index (κ1) is 17.1. The van der Waals surface area contributed by atoms with E-state index in [0.717, 1.165) is 55.2 Å². The first-order valence-electron chi connectivity index (χ1n) is 9.81. The van der Waals surface area contributed by atoms with Crippen LogP contribution in [0.3, 0.4) is 0 Å². The summed E-state index contributed by atoms with van der Waals surface area (Å²) < 4.78 is 1.90. The molecule has 5 rings (SSSR count). The molecule has 28 heavy (non-hydrogen) atoms. The molecule has 1 N–H and O–H groups in total. The van der Waals surface area contributed by atoms with Crippen LogP contribution in [0.15, 0.2) is 54.6 Å². The fourth-order valence-corrected chi connectivity index (χ4v) is 3.95. The third kappa shape index (κ3) is 3.53. The van der Waals surface area contributed by atoms with Crippen LogP contribution in [0.2, 0.25) is 0 Å². The number of H-pyrrole nitrogens is 1. The summed E-state index contributed by atoms with van der Waals surface area (Å²) in [6, 6.07) is 18.6. The second-order valence-electron chi connectivity index (χ2n) is 7.43. The van der Waals surface area contributed by atoms with Gasteiger partial charge in [-0.25, -0.2) is 9.67 Å². The maximum atomic E-state index is 4.79. The number of piperidine rings is 1. The van der Waals surface area contributed by atoms with Crippen molar-refractivity contribution in [1.82, 2.24) is 35.1 Å². The summed E-state index contributed by atoms with van der Waals surface area (Å²) in [5, 5.41) is 12.3. The number of aromatic nitrogens is 6. The van der Waals surface area contributed by atoms with Crippen molar-refractivity contribution < 1.29 is 0 Å². The average molecular weight is 373 g/mol. The summed E-state index contributed by atoms with van der Waals surface area (Å²) in [6.45, 7) is 3.55. The Bertz CT molecular complexity index is 1010. The molecule has 0 amide bonds. The minimum absolute atomic E-state index is 0.490. The lowest BCUT2D eigenvalue weighted by molar-refractivity contribution is 0.195. The van der Waals surface area contributed by atoms with E-state index in [-0.39, 0.29) is 0 Å². The molecule has 0 aliphatic carbocycles. The number of aromatic amines is 1. The SMILES string of the molecule is c1ccc(Cn2nnnc2CN2CCC(c3nc4ccccc4[nH]3)CC2)cc1. The minimum atomic E-state index is 0.490. The van der Waals surface area contributed by atoms with Crippen LogP contribution in [-0.2, 0) is 13.1 Å². The molecule has 2 aromatic heterocycles. The molecule has 0 bridgehead atoms. The van der Waals surface area contributed by atoms with Crippen LogP contribution in [0, 0.1) is 0 Å². The molecule has 142 valence electrons. The lowest BCUT2D eigenvalue weighted by Gasteiger charge is -2.30. The number of imidazole rings is 1. The van der Waals surface area contributed by atoms with Crippen molar-refractivity contribution >= 4 is 11.0 Å². The molecule has 0 saturated carbocycles. The van der Waals surface area contributed by atoms with Gasteiger partial charge in [-0.3, -0.25) is 4.90 Å². The monoisotopic (exact) mass is 373 g/mol. The number of hydrogen-bond acceptors (Lipinski definition) is 5. The van der Waals surface area contributed by atoms with E-state index in [1.54, 1.807) is 0 Å². The van der Waals surface area contributed by atoms with E-state index in [1.165, 1.54) is 5.56 Å². The lowest BCUT2D eigenvalue weighted by atomic mass is 9.96. The molecule has 4 aromatic rings. The van der Waals surface area contributed by atoms with Crippen molar-refractivity contribution in [1.29, 1.82) is 0 Å². The van der Waals surface area contributed by atoms with Crippen LogP contribution >= 0.6 is 0 Å². The topological polar surface area (TPSA) is 75.5 Å². The van der Waals surface area contributed by atoms with Gasteiger partial charge in [-0.2, -0.15) is 0 Å². The fraction of sp³-hybridized carbons (Fsp3) is 0.333. The number of fused-ring (bicyclic) bond motifs is 1. The van der Waals surface area contributed by atoms with Gasteiger partial charge in [-0.1, -0.05) is 42.5 Å². The molecule has 1 fully saturated rings. The number of para-hydroxylation sites is 2. The van der Waals surface area contributed by atoms with Gasteiger partial charge in [0.1, 0.15) is 5.82 Å². The van der Waals surface area contributed by atoms with Crippen molar-refractivity contribution in [3.63, 3.8) is 0 Å². The Labute approximate surface area is 163 Å². The third-order valence-corrected chi connectivity index (χ3v) is 5.53. The van der Waals surface area contributed by atoms with Crippen LogP contribution in [0.25, 0.3) is 11.0 Å². The zero-order chi connectivity index (χ0) is 18.8. The fourth-order valence-electron chi connectivity index (χ4n) is 3.95. The van der Waals surface area contributed by atoms with E-state index < -0.39 is 0 Å². The Balaban J connectivity index is 1.21. The number of benzene rings is 2. The average Bonchev–Trinajstić information content (AvgIpc) is 3.36. The van der Waals surface area contributed by atoms with Crippen LogP contribution in [0.1, 0.15) is 36.0 Å². The Kier molecular flexibility index (Phi) is 4.58. The smallest absolute Gasteiger partial charge is 0.165 e. The summed E-state index contributed by atoms with van der Waals surface area (Å²) in [5.41, 5.74) is 3.39. The summed E-state index contributed by atoms with van der Waals surface area (Å²) >= 11 is 0. The van der Waals surface area contributed by atoms with E-state index in [4.69, 9.17) is 4.98 Å². The highest BCUT2D eigenvalue weighted by atomic mass is 15.5. The van der Waals surface area contributed by atoms with Crippen molar-refractivity contribution in [3.05, 3.63) is 71.8 Å². The Hall–Kier alpha value is -3.06. The molecule has 7 nitrogen and oxygen atoms in total. The zero-order valence-electron chi connectivity index (χ0n) is 15.7. The van der Waals surface area contributed by atoms with Crippen molar-refractivity contribution in [2.45, 2.75) is 31.8 Å². The van der Waals surface area contributed by atoms with Crippen LogP contribution in [0.5, 0.6) is 0 Å². The van der Waals surface area contributed by atoms with Crippen LogP contribution in [0.4, 0.5) is 0 Å². The standard InChI is InChI=1S/C21H23N7/c1-2-6-16(7-3-1)14-28-20(24-25-26-28)15-27-12-10-17(11-13-27)21-22-18-8-4-5-9-19(18)23-21/h1-9,17H,10-15H2,(H,22,23). The normalized spacial score (nSPS) is 16.0. The molecule has 0 atom stereocenters. The molecule has 3 heterocycles. The molecule has 1 saturated heterocycles. The van der Waals surface area contributed by atoms with Crippen LogP contribution < -0.4 is 0 Å². The Morgan fingerprint density at radius 1 is 0.929 bits per heavy atom. The number of hydrogen-bond donors (Lipinski definition) is 1. The van der Waals surface area contributed by atoms with Gasteiger partial charge in [0.15, 0.2) is 5.82 Å². The molecule has 7 heteroatoms. The van der Waals surface area contributed by atoms with Crippen molar-refractivity contribution in [2.24, 2.45) is 0 Å². The van der Waals surface area contributed by atoms with Gasteiger partial charge >= 0.3 is 0 Å². The third-order valence-electron chi connectivity index (χ3n) is 5.53. The van der Waals surface area contributed by atoms with Crippen molar-refractivity contribution in [3.8, 4) is 0 Å². The maximum absolute atomic E-state index is 4.79. The largest absolute Gasteiger partial charge is 0.342 e. The van der Waals surface area contributed by atoms with Gasteiger partial charge < -0.3 is 4.98 Å². The molecular weight excluding hydrogens is 350 g/mol. The Morgan fingerprint density at radius 3 is 2.54 bits per heavy atom. The van der Waals surface area contributed by atoms with E-state index >= 15 is 0 Å². The number of tetrazole rings is 1. The predicted octanol–water partition coefficient (Wildman–Crippen LogP) is 2.98. The highest BCUT2D eigenvalue weighted by Gasteiger charge is 2.24. The van der Waals surface area contributed by atoms with E-state index in [0.29, 0.717) is 12.5 Å². The van der Waals surface area contributed by atoms with Crippen LogP contribution in [-0.4, -0.2) is 48.2 Å². The summed E-state index contributed by atoms with van der Waals surface area (Å²) in [4.78, 5) is 10.7. The first-order valence-corrected chi connectivity index (χ1v) is 9.81. The molecular formula is C21H23N7. The van der Waals surface area contributed by atoms with Gasteiger partial charge in [-0.15, -0.1) is 5.10 Å². The van der Waals surface area contributed by atoms with E-state index in [9.17, 15) is 0 Å². The molecule has 0 unspecified atom stereocenters. The zero-order valence-corrected chi connectivity index (χ0v) is 15.7. The molecule has 1 aliphatic heterocycles. The number of nitrogens with zero attached hydrogens (tertiary/aromatic N) is 6. The second-order valence-corrected chi connectivity index (χ2v) is 7.43. The molecule has 0 radical (unpaired) electrons. The predicted molar refractivity (Wildman–Crippen MR) is 107 cm³/mol. The second kappa shape index (κ2) is 7.52. The van der Waals surface area contributed by atoms with Gasteiger partial charge in [0, 0.05) is 5.92 Å². The summed E-state index contributed by atoms with van der Waals surface area (Å²) in [7, 11) is 0. The lowest BCUT2D eigenvalue weighted by Crippen LogP contribution is -2.33. The summed E-state index contributed by atoms with van der Waals surface area (Å²) in [6.07, 6.45) is 2.19. The highest BCUT2D eigenvalue weighted by Crippen LogP contribution is 2.28. The van der Waals surface area contributed by atoms with Gasteiger partial charge in [-0.05, 0) is 54.1 Å². The van der Waals surface area contributed by atoms with Gasteiger partial charge in [0.25, 0.3) is 0 Å². The maximum Gasteiger partial charge on any atom is 0.165 e. The van der Waals surface area contributed by atoms with E-state index in [1.807, 2.05) is 35.0 Å². The number of likely N-dealkylation sites (tertiary alicyclic amines) is 1. The molecule has 2 aromatic carbocycles. The molecule has 1 aliphatic rings. The Morgan fingerprint density at radius 2 is 1.71 bits per heavy atom. The highest BCUT2D eigenvalue weighted by molar-refractivity contribution is 5.74. The van der Waals surface area contributed by atoms with E-state index in [2.05, 4.69) is 49.7 Å². The molecule has 0 spiro atoms.